The van der Waals surface area contributed by atoms with Crippen LogP contribution in [0.25, 0.3) is 10.9 Å². The predicted octanol–water partition coefficient (Wildman–Crippen LogP) is 1.83. The van der Waals surface area contributed by atoms with Crippen molar-refractivity contribution in [1.29, 1.82) is 0 Å². The van der Waals surface area contributed by atoms with Crippen molar-refractivity contribution in [3.63, 3.8) is 0 Å². The fourth-order valence-corrected chi connectivity index (χ4v) is 1.73. The first-order chi connectivity index (χ1) is 6.31. The number of aromatic nitrogens is 2. The molecule has 0 amide bonds. The number of hydrogen-bond acceptors (Lipinski definition) is 2. The Hall–Kier alpha value is -0.870. The minimum Gasteiger partial charge on any atom is -0.330 e. The molecule has 1 heterocycles. The maximum Gasteiger partial charge on any atom is 0.0924 e. The third kappa shape index (κ3) is 1.59. The second kappa shape index (κ2) is 3.47. The van der Waals surface area contributed by atoms with Gasteiger partial charge in [-0.25, -0.2) is 0 Å². The number of rotatable bonds is 2. The number of halogens is 1. The average molecular weight is 240 g/mol. The van der Waals surface area contributed by atoms with Crippen molar-refractivity contribution < 1.29 is 0 Å². The second-order valence-electron chi connectivity index (χ2n) is 2.90. The number of nitrogens with zero attached hydrogens (tertiary/aromatic N) is 1. The van der Waals surface area contributed by atoms with Crippen molar-refractivity contribution in [2.24, 2.45) is 5.73 Å². The molecule has 2 aromatic rings. The molecule has 0 bridgehead atoms. The summed E-state index contributed by atoms with van der Waals surface area (Å²) in [5.41, 5.74) is 7.59. The van der Waals surface area contributed by atoms with Gasteiger partial charge in [-0.1, -0.05) is 15.9 Å². The highest BCUT2D eigenvalue weighted by Gasteiger charge is 2.03. The summed E-state index contributed by atoms with van der Waals surface area (Å²) >= 11 is 3.43. The summed E-state index contributed by atoms with van der Waals surface area (Å²) in [6.07, 6.45) is 0.840. The summed E-state index contributed by atoms with van der Waals surface area (Å²) in [5, 5.41) is 8.32. The molecular weight excluding hydrogens is 230 g/mol. The largest absolute Gasteiger partial charge is 0.330 e. The smallest absolute Gasteiger partial charge is 0.0924 e. The minimum atomic E-state index is 0.643. The van der Waals surface area contributed by atoms with Crippen molar-refractivity contribution in [3.05, 3.63) is 28.4 Å². The van der Waals surface area contributed by atoms with Gasteiger partial charge in [-0.05, 0) is 24.7 Å². The zero-order valence-electron chi connectivity index (χ0n) is 7.05. The normalized spacial score (nSPS) is 10.9. The van der Waals surface area contributed by atoms with E-state index in [2.05, 4.69) is 32.2 Å². The Bertz CT molecular complexity index is 422. The molecule has 0 aliphatic rings. The van der Waals surface area contributed by atoms with E-state index in [4.69, 9.17) is 5.73 Å². The van der Waals surface area contributed by atoms with Gasteiger partial charge in [0.2, 0.25) is 0 Å². The SMILES string of the molecule is NCCc1[nH]nc2ccc(Br)cc12. The molecule has 0 spiro atoms. The Morgan fingerprint density at radius 2 is 2.31 bits per heavy atom. The Balaban J connectivity index is 2.58. The van der Waals surface area contributed by atoms with E-state index in [9.17, 15) is 0 Å². The Morgan fingerprint density at radius 1 is 1.46 bits per heavy atom. The zero-order chi connectivity index (χ0) is 9.26. The molecule has 0 unspecified atom stereocenters. The van der Waals surface area contributed by atoms with Crippen molar-refractivity contribution in [2.45, 2.75) is 6.42 Å². The number of hydrogen-bond donors (Lipinski definition) is 2. The van der Waals surface area contributed by atoms with Gasteiger partial charge in [-0.2, -0.15) is 5.10 Å². The number of nitrogens with one attached hydrogen (secondary N) is 1. The number of fused-ring (bicyclic) bond motifs is 1. The lowest BCUT2D eigenvalue weighted by Crippen LogP contribution is -2.03. The molecule has 2 rings (SSSR count). The lowest BCUT2D eigenvalue weighted by atomic mass is 10.2. The summed E-state index contributed by atoms with van der Waals surface area (Å²) in [4.78, 5) is 0. The molecule has 0 fully saturated rings. The topological polar surface area (TPSA) is 54.7 Å². The lowest BCUT2D eigenvalue weighted by molar-refractivity contribution is 0.909. The molecule has 13 heavy (non-hydrogen) atoms. The van der Waals surface area contributed by atoms with Crippen LogP contribution < -0.4 is 5.73 Å². The van der Waals surface area contributed by atoms with Gasteiger partial charge in [0.15, 0.2) is 0 Å². The van der Waals surface area contributed by atoms with Crippen molar-refractivity contribution in [1.82, 2.24) is 10.2 Å². The Kier molecular flexibility index (Phi) is 2.33. The van der Waals surface area contributed by atoms with E-state index in [1.165, 1.54) is 0 Å². The van der Waals surface area contributed by atoms with Crippen LogP contribution in [0.15, 0.2) is 22.7 Å². The van der Waals surface area contributed by atoms with E-state index >= 15 is 0 Å². The minimum absolute atomic E-state index is 0.643. The molecule has 0 atom stereocenters. The maximum absolute atomic E-state index is 5.49. The van der Waals surface area contributed by atoms with Crippen LogP contribution in [-0.4, -0.2) is 16.7 Å². The van der Waals surface area contributed by atoms with Crippen LogP contribution in [0.3, 0.4) is 0 Å². The van der Waals surface area contributed by atoms with Crippen LogP contribution in [0.4, 0.5) is 0 Å². The molecule has 1 aromatic carbocycles. The molecule has 4 heteroatoms. The van der Waals surface area contributed by atoms with E-state index in [0.29, 0.717) is 6.54 Å². The van der Waals surface area contributed by atoms with Crippen molar-refractivity contribution >= 4 is 26.8 Å². The Morgan fingerprint density at radius 3 is 3.08 bits per heavy atom. The van der Waals surface area contributed by atoms with E-state index in [0.717, 1.165) is 27.5 Å². The third-order valence-corrected chi connectivity index (χ3v) is 2.48. The van der Waals surface area contributed by atoms with Gasteiger partial charge in [0.1, 0.15) is 0 Å². The summed E-state index contributed by atoms with van der Waals surface area (Å²) in [6.45, 7) is 0.643. The first-order valence-corrected chi connectivity index (χ1v) is 4.93. The first kappa shape index (κ1) is 8.72. The van der Waals surface area contributed by atoms with E-state index < -0.39 is 0 Å². The van der Waals surface area contributed by atoms with Crippen LogP contribution in [0.1, 0.15) is 5.69 Å². The highest BCUT2D eigenvalue weighted by molar-refractivity contribution is 9.10. The fourth-order valence-electron chi connectivity index (χ4n) is 1.37. The van der Waals surface area contributed by atoms with Crippen LogP contribution in [-0.2, 0) is 6.42 Å². The lowest BCUT2D eigenvalue weighted by Gasteiger charge is -1.94. The van der Waals surface area contributed by atoms with Gasteiger partial charge < -0.3 is 5.73 Å². The summed E-state index contributed by atoms with van der Waals surface area (Å²) in [6, 6.07) is 6.02. The molecule has 1 aromatic heterocycles. The molecule has 3 nitrogen and oxygen atoms in total. The molecule has 3 N–H and O–H groups in total. The van der Waals surface area contributed by atoms with E-state index in [-0.39, 0.29) is 0 Å². The molecule has 0 saturated carbocycles. The number of benzene rings is 1. The van der Waals surface area contributed by atoms with E-state index in [1.54, 1.807) is 0 Å². The third-order valence-electron chi connectivity index (χ3n) is 1.99. The summed E-state index contributed by atoms with van der Waals surface area (Å²) in [5.74, 6) is 0. The predicted molar refractivity (Wildman–Crippen MR) is 56.6 cm³/mol. The van der Waals surface area contributed by atoms with Gasteiger partial charge >= 0.3 is 0 Å². The average Bonchev–Trinajstić information content (AvgIpc) is 2.49. The first-order valence-electron chi connectivity index (χ1n) is 4.14. The standard InChI is InChI=1S/C9H10BrN3/c10-6-1-2-8-7(5-6)9(3-4-11)13-12-8/h1-2,5H,3-4,11H2,(H,12,13). The molecule has 68 valence electrons. The summed E-state index contributed by atoms with van der Waals surface area (Å²) in [7, 11) is 0. The van der Waals surface area contributed by atoms with Gasteiger partial charge in [-0.15, -0.1) is 0 Å². The monoisotopic (exact) mass is 239 g/mol. The van der Waals surface area contributed by atoms with Crippen LogP contribution in [0.5, 0.6) is 0 Å². The van der Waals surface area contributed by atoms with Crippen LogP contribution in [0, 0.1) is 0 Å². The fraction of sp³-hybridized carbons (Fsp3) is 0.222. The highest BCUT2D eigenvalue weighted by Crippen LogP contribution is 2.20. The van der Waals surface area contributed by atoms with Crippen LogP contribution >= 0.6 is 15.9 Å². The zero-order valence-corrected chi connectivity index (χ0v) is 8.63. The van der Waals surface area contributed by atoms with Gasteiger partial charge in [0.25, 0.3) is 0 Å². The highest BCUT2D eigenvalue weighted by atomic mass is 79.9. The van der Waals surface area contributed by atoms with Gasteiger partial charge in [0.05, 0.1) is 5.52 Å². The molecule has 0 saturated heterocycles. The van der Waals surface area contributed by atoms with Gasteiger partial charge in [0, 0.05) is 22.0 Å². The molecule has 0 aliphatic carbocycles. The number of aromatic amines is 1. The molecular formula is C9H10BrN3. The van der Waals surface area contributed by atoms with Crippen molar-refractivity contribution in [3.8, 4) is 0 Å². The maximum atomic E-state index is 5.49. The quantitative estimate of drug-likeness (QED) is 0.841. The number of H-pyrrole nitrogens is 1. The molecule has 0 radical (unpaired) electrons. The Labute approximate surface area is 84.4 Å². The second-order valence-corrected chi connectivity index (χ2v) is 3.82. The van der Waals surface area contributed by atoms with E-state index in [1.807, 2.05) is 12.1 Å². The van der Waals surface area contributed by atoms with Crippen LogP contribution in [0.2, 0.25) is 0 Å². The number of nitrogens with two attached hydrogens (primary N) is 1. The van der Waals surface area contributed by atoms with Crippen molar-refractivity contribution in [2.75, 3.05) is 6.54 Å². The summed E-state index contributed by atoms with van der Waals surface area (Å²) < 4.78 is 1.07. The molecule has 0 aliphatic heterocycles. The van der Waals surface area contributed by atoms with Gasteiger partial charge in [-0.3, -0.25) is 5.10 Å².